The second-order valence-corrected chi connectivity index (χ2v) is 6.41. The maximum absolute atomic E-state index is 13.4. The molecular formula is C21H19FN4O2. The predicted octanol–water partition coefficient (Wildman–Crippen LogP) is 3.78. The first kappa shape index (κ1) is 17.9. The molecule has 6 nitrogen and oxygen atoms in total. The van der Waals surface area contributed by atoms with Crippen molar-refractivity contribution in [3.8, 4) is 28.3 Å². The molecule has 0 bridgehead atoms. The zero-order chi connectivity index (χ0) is 19.7. The molecule has 0 aliphatic rings. The lowest BCUT2D eigenvalue weighted by Gasteiger charge is -2.07. The Bertz CT molecular complexity index is 1200. The van der Waals surface area contributed by atoms with Crippen LogP contribution >= 0.6 is 0 Å². The lowest BCUT2D eigenvalue weighted by molar-refractivity contribution is 0.414. The molecule has 0 aliphatic heterocycles. The van der Waals surface area contributed by atoms with Gasteiger partial charge in [-0.05, 0) is 42.8 Å². The first-order chi connectivity index (χ1) is 13.6. The highest BCUT2D eigenvalue weighted by Crippen LogP contribution is 2.35. The summed E-state index contributed by atoms with van der Waals surface area (Å²) < 4.78 is 22.0. The Morgan fingerprint density at radius 1 is 1.07 bits per heavy atom. The van der Waals surface area contributed by atoms with Crippen LogP contribution in [0.25, 0.3) is 28.0 Å². The third kappa shape index (κ3) is 3.15. The number of benzene rings is 1. The molecule has 0 spiro atoms. The number of pyridine rings is 1. The zero-order valence-electron chi connectivity index (χ0n) is 15.6. The van der Waals surface area contributed by atoms with Crippen LogP contribution in [-0.2, 0) is 6.54 Å². The molecule has 0 N–H and O–H groups in total. The van der Waals surface area contributed by atoms with Crippen molar-refractivity contribution in [1.29, 1.82) is 0 Å². The smallest absolute Gasteiger partial charge is 0.266 e. The average Bonchev–Trinajstić information content (AvgIpc) is 3.09. The number of hydrogen-bond donors (Lipinski definition) is 0. The molecule has 0 amide bonds. The van der Waals surface area contributed by atoms with Crippen molar-refractivity contribution in [3.63, 3.8) is 0 Å². The summed E-state index contributed by atoms with van der Waals surface area (Å²) in [6.07, 6.45) is 2.59. The van der Waals surface area contributed by atoms with E-state index in [0.29, 0.717) is 23.7 Å². The van der Waals surface area contributed by atoms with E-state index in [1.165, 1.54) is 22.9 Å². The van der Waals surface area contributed by atoms with Crippen LogP contribution in [0.15, 0.2) is 59.5 Å². The van der Waals surface area contributed by atoms with Crippen molar-refractivity contribution in [1.82, 2.24) is 19.4 Å². The van der Waals surface area contributed by atoms with Crippen molar-refractivity contribution >= 4 is 5.52 Å². The van der Waals surface area contributed by atoms with E-state index in [2.05, 4.69) is 10.2 Å². The summed E-state index contributed by atoms with van der Waals surface area (Å²) in [6, 6.07) is 13.0. The molecule has 0 radical (unpaired) electrons. The first-order valence-electron chi connectivity index (χ1n) is 9.01. The monoisotopic (exact) mass is 378 g/mol. The number of aromatic nitrogens is 4. The van der Waals surface area contributed by atoms with Gasteiger partial charge in [0.25, 0.3) is 5.56 Å². The predicted molar refractivity (Wildman–Crippen MR) is 105 cm³/mol. The number of ether oxygens (including phenoxy) is 1. The van der Waals surface area contributed by atoms with E-state index in [4.69, 9.17) is 4.74 Å². The molecule has 1 aromatic carbocycles. The largest absolute Gasteiger partial charge is 0.497 e. The summed E-state index contributed by atoms with van der Waals surface area (Å²) in [5.74, 6) is 0.367. The fourth-order valence-corrected chi connectivity index (χ4v) is 3.17. The van der Waals surface area contributed by atoms with E-state index in [1.54, 1.807) is 36.0 Å². The topological polar surface area (TPSA) is 61.4 Å². The molecule has 0 saturated heterocycles. The van der Waals surface area contributed by atoms with Crippen molar-refractivity contribution in [3.05, 3.63) is 70.9 Å². The minimum atomic E-state index is -0.314. The van der Waals surface area contributed by atoms with Crippen LogP contribution in [0.1, 0.15) is 13.3 Å². The molecule has 28 heavy (non-hydrogen) atoms. The van der Waals surface area contributed by atoms with E-state index in [-0.39, 0.29) is 11.4 Å². The summed E-state index contributed by atoms with van der Waals surface area (Å²) >= 11 is 0. The molecule has 4 rings (SSSR count). The van der Waals surface area contributed by atoms with E-state index in [1.807, 2.05) is 19.1 Å². The van der Waals surface area contributed by atoms with Crippen LogP contribution in [0.4, 0.5) is 4.39 Å². The molecule has 3 aromatic heterocycles. The van der Waals surface area contributed by atoms with Gasteiger partial charge < -0.3 is 4.74 Å². The van der Waals surface area contributed by atoms with Crippen LogP contribution in [0.2, 0.25) is 0 Å². The van der Waals surface area contributed by atoms with Crippen LogP contribution in [0, 0.1) is 5.82 Å². The minimum Gasteiger partial charge on any atom is -0.497 e. The summed E-state index contributed by atoms with van der Waals surface area (Å²) in [7, 11) is 1.60. The molecule has 7 heteroatoms. The number of aryl methyl sites for hydroxylation is 1. The van der Waals surface area contributed by atoms with Crippen LogP contribution < -0.4 is 10.3 Å². The van der Waals surface area contributed by atoms with Gasteiger partial charge in [0.1, 0.15) is 17.3 Å². The molecule has 3 heterocycles. The fraction of sp³-hybridized carbons (Fsp3) is 0.190. The third-order valence-corrected chi connectivity index (χ3v) is 4.52. The fourth-order valence-electron chi connectivity index (χ4n) is 3.17. The zero-order valence-corrected chi connectivity index (χ0v) is 15.6. The Hall–Kier alpha value is -3.48. The van der Waals surface area contributed by atoms with Crippen molar-refractivity contribution in [2.45, 2.75) is 19.9 Å². The van der Waals surface area contributed by atoms with Gasteiger partial charge in [0, 0.05) is 30.4 Å². The Kier molecular flexibility index (Phi) is 4.65. The Labute approximate surface area is 160 Å². The van der Waals surface area contributed by atoms with Crippen LogP contribution in [0.5, 0.6) is 5.75 Å². The van der Waals surface area contributed by atoms with Crippen LogP contribution in [0.3, 0.4) is 0 Å². The van der Waals surface area contributed by atoms with Gasteiger partial charge in [0.05, 0.1) is 23.9 Å². The van der Waals surface area contributed by atoms with Crippen LogP contribution in [-0.4, -0.2) is 26.5 Å². The third-order valence-electron chi connectivity index (χ3n) is 4.52. The molecule has 0 aliphatic carbocycles. The number of methoxy groups -OCH3 is 1. The highest BCUT2D eigenvalue weighted by Gasteiger charge is 2.19. The summed E-state index contributed by atoms with van der Waals surface area (Å²) in [5.41, 5.74) is 3.43. The maximum atomic E-state index is 13.4. The van der Waals surface area contributed by atoms with Gasteiger partial charge >= 0.3 is 0 Å². The molecule has 0 unspecified atom stereocenters. The van der Waals surface area contributed by atoms with Gasteiger partial charge in [-0.25, -0.2) is 13.6 Å². The maximum Gasteiger partial charge on any atom is 0.266 e. The molecule has 0 fully saturated rings. The van der Waals surface area contributed by atoms with E-state index >= 15 is 0 Å². The minimum absolute atomic E-state index is 0.150. The summed E-state index contributed by atoms with van der Waals surface area (Å²) in [6.45, 7) is 2.52. The Morgan fingerprint density at radius 2 is 1.86 bits per heavy atom. The summed E-state index contributed by atoms with van der Waals surface area (Å²) in [5, 5.41) is 9.22. The Balaban J connectivity index is 2.01. The van der Waals surface area contributed by atoms with Gasteiger partial charge in [-0.2, -0.15) is 10.2 Å². The normalized spacial score (nSPS) is 11.1. The highest BCUT2D eigenvalue weighted by atomic mass is 19.1. The average molecular weight is 378 g/mol. The number of nitrogens with zero attached hydrogens (tertiary/aromatic N) is 4. The van der Waals surface area contributed by atoms with Crippen molar-refractivity contribution < 1.29 is 9.13 Å². The standard InChI is InChI=1S/C21H19FN4O2/c1-3-11-26-19(27)9-8-17(23-26)20-18-13-16(28-2)10-12-25(18)24-21(20)14-4-6-15(22)7-5-14/h4-10,12-13H,3,11H2,1-2H3. The van der Waals surface area contributed by atoms with Gasteiger partial charge in [-0.15, -0.1) is 0 Å². The second kappa shape index (κ2) is 7.26. The van der Waals surface area contributed by atoms with Crippen molar-refractivity contribution in [2.75, 3.05) is 7.11 Å². The van der Waals surface area contributed by atoms with Gasteiger partial charge in [-0.1, -0.05) is 6.92 Å². The number of halogens is 1. The summed E-state index contributed by atoms with van der Waals surface area (Å²) in [4.78, 5) is 12.1. The van der Waals surface area contributed by atoms with Gasteiger partial charge in [-0.3, -0.25) is 4.79 Å². The Morgan fingerprint density at radius 3 is 2.57 bits per heavy atom. The molecule has 142 valence electrons. The second-order valence-electron chi connectivity index (χ2n) is 6.41. The number of fused-ring (bicyclic) bond motifs is 1. The van der Waals surface area contributed by atoms with Crippen molar-refractivity contribution in [2.24, 2.45) is 0 Å². The quantitative estimate of drug-likeness (QED) is 0.530. The van der Waals surface area contributed by atoms with Gasteiger partial charge in [0.15, 0.2) is 0 Å². The molecular weight excluding hydrogens is 359 g/mol. The number of rotatable bonds is 5. The lowest BCUT2D eigenvalue weighted by atomic mass is 10.0. The SMILES string of the molecule is CCCn1nc(-c2c(-c3ccc(F)cc3)nn3ccc(OC)cc23)ccc1=O. The molecule has 0 atom stereocenters. The van der Waals surface area contributed by atoms with Gasteiger partial charge in [0.2, 0.25) is 0 Å². The van der Waals surface area contributed by atoms with E-state index in [0.717, 1.165) is 23.1 Å². The lowest BCUT2D eigenvalue weighted by Crippen LogP contribution is -2.22. The molecule has 4 aromatic rings. The van der Waals surface area contributed by atoms with E-state index in [9.17, 15) is 9.18 Å². The first-order valence-corrected chi connectivity index (χ1v) is 9.01. The highest BCUT2D eigenvalue weighted by molar-refractivity contribution is 5.91. The van der Waals surface area contributed by atoms with E-state index < -0.39 is 0 Å². The molecule has 0 saturated carbocycles. The number of hydrogen-bond acceptors (Lipinski definition) is 4.